The molecular weight excluding hydrogens is 184 g/mol. The summed E-state index contributed by atoms with van der Waals surface area (Å²) in [5.41, 5.74) is 0. The van der Waals surface area contributed by atoms with Crippen LogP contribution in [-0.4, -0.2) is 41.9 Å². The Kier molecular flexibility index (Phi) is 2.69. The molecule has 4 heteroatoms. The Bertz CT molecular complexity index is 206. The molecule has 0 radical (unpaired) electrons. The Morgan fingerprint density at radius 1 is 1.54 bits per heavy atom. The first-order valence-electron chi connectivity index (χ1n) is 4.93. The molecule has 2 fully saturated rings. The largest absolute Gasteiger partial charge is 0.375 e. The van der Waals surface area contributed by atoms with Crippen molar-refractivity contribution in [2.75, 3.05) is 19.7 Å². The van der Waals surface area contributed by atoms with Crippen molar-refractivity contribution in [3.05, 3.63) is 0 Å². The second-order valence-electron chi connectivity index (χ2n) is 3.85. The Labute approximate surface area is 84.4 Å². The van der Waals surface area contributed by atoms with E-state index < -0.39 is 0 Å². The summed E-state index contributed by atoms with van der Waals surface area (Å²) in [7, 11) is 0. The van der Waals surface area contributed by atoms with E-state index in [4.69, 9.17) is 17.0 Å². The third kappa shape index (κ3) is 2.54. The molecule has 0 amide bonds. The van der Waals surface area contributed by atoms with Gasteiger partial charge in [-0.1, -0.05) is 0 Å². The topological polar surface area (TPSA) is 24.5 Å². The Balaban J connectivity index is 1.80. The first kappa shape index (κ1) is 9.21. The minimum absolute atomic E-state index is 0.313. The van der Waals surface area contributed by atoms with Crippen LogP contribution in [0.4, 0.5) is 0 Å². The molecule has 3 nitrogen and oxygen atoms in total. The molecule has 0 aromatic carbocycles. The van der Waals surface area contributed by atoms with E-state index in [0.29, 0.717) is 12.1 Å². The molecular formula is C9H16N2OS. The van der Waals surface area contributed by atoms with Crippen LogP contribution < -0.4 is 5.32 Å². The van der Waals surface area contributed by atoms with Crippen LogP contribution in [0.1, 0.15) is 19.8 Å². The van der Waals surface area contributed by atoms with Crippen LogP contribution in [0.3, 0.4) is 0 Å². The zero-order valence-corrected chi connectivity index (χ0v) is 8.77. The predicted octanol–water partition coefficient (Wildman–Crippen LogP) is 0.744. The lowest BCUT2D eigenvalue weighted by atomic mass is 10.3. The maximum absolute atomic E-state index is 5.45. The number of thiocarbonyl (C=S) groups is 1. The zero-order valence-electron chi connectivity index (χ0n) is 7.95. The van der Waals surface area contributed by atoms with Gasteiger partial charge in [-0.05, 0) is 32.0 Å². The van der Waals surface area contributed by atoms with Gasteiger partial charge >= 0.3 is 0 Å². The molecule has 1 aliphatic heterocycles. The van der Waals surface area contributed by atoms with Crippen molar-refractivity contribution in [3.63, 3.8) is 0 Å². The Morgan fingerprint density at radius 2 is 2.31 bits per heavy atom. The van der Waals surface area contributed by atoms with Crippen molar-refractivity contribution >= 4 is 17.3 Å². The van der Waals surface area contributed by atoms with Crippen molar-refractivity contribution in [1.82, 2.24) is 10.2 Å². The second-order valence-corrected chi connectivity index (χ2v) is 4.24. The number of morpholine rings is 1. The summed E-state index contributed by atoms with van der Waals surface area (Å²) >= 11 is 5.30. The third-order valence-corrected chi connectivity index (χ3v) is 2.81. The van der Waals surface area contributed by atoms with E-state index in [-0.39, 0.29) is 0 Å². The molecule has 1 heterocycles. The molecule has 1 saturated carbocycles. The molecule has 1 unspecified atom stereocenters. The molecule has 0 spiro atoms. The fourth-order valence-electron chi connectivity index (χ4n) is 1.50. The van der Waals surface area contributed by atoms with Crippen LogP contribution in [0.5, 0.6) is 0 Å². The lowest BCUT2D eigenvalue weighted by Crippen LogP contribution is -2.49. The molecule has 0 aromatic heterocycles. The summed E-state index contributed by atoms with van der Waals surface area (Å²) in [4.78, 5) is 2.21. The van der Waals surface area contributed by atoms with Gasteiger partial charge in [0.15, 0.2) is 5.11 Å². The van der Waals surface area contributed by atoms with Crippen LogP contribution >= 0.6 is 12.2 Å². The van der Waals surface area contributed by atoms with E-state index in [9.17, 15) is 0 Å². The van der Waals surface area contributed by atoms with Crippen molar-refractivity contribution in [2.24, 2.45) is 0 Å². The molecule has 74 valence electrons. The van der Waals surface area contributed by atoms with E-state index in [1.807, 2.05) is 0 Å². The van der Waals surface area contributed by atoms with Crippen molar-refractivity contribution < 1.29 is 4.74 Å². The van der Waals surface area contributed by atoms with Crippen LogP contribution in [-0.2, 0) is 4.74 Å². The standard InChI is InChI=1S/C9H16N2OS/c1-7-6-11(4-5-12-7)9(13)10-8-2-3-8/h7-8H,2-6H2,1H3,(H,10,13). The maximum Gasteiger partial charge on any atom is 0.169 e. The summed E-state index contributed by atoms with van der Waals surface area (Å²) < 4.78 is 5.45. The number of nitrogens with one attached hydrogen (secondary N) is 1. The molecule has 1 N–H and O–H groups in total. The average Bonchev–Trinajstić information content (AvgIpc) is 2.88. The molecule has 1 saturated heterocycles. The Morgan fingerprint density at radius 3 is 2.92 bits per heavy atom. The first-order valence-corrected chi connectivity index (χ1v) is 5.33. The molecule has 0 aromatic rings. The van der Waals surface area contributed by atoms with Crippen molar-refractivity contribution in [2.45, 2.75) is 31.9 Å². The van der Waals surface area contributed by atoms with Gasteiger partial charge in [0.1, 0.15) is 0 Å². The lowest BCUT2D eigenvalue weighted by Gasteiger charge is -2.33. The normalized spacial score (nSPS) is 28.7. The van der Waals surface area contributed by atoms with Crippen molar-refractivity contribution in [3.8, 4) is 0 Å². The Hall–Kier alpha value is -0.350. The van der Waals surface area contributed by atoms with Gasteiger partial charge in [0.05, 0.1) is 12.7 Å². The van der Waals surface area contributed by atoms with Gasteiger partial charge in [-0.25, -0.2) is 0 Å². The van der Waals surface area contributed by atoms with E-state index in [0.717, 1.165) is 24.8 Å². The van der Waals surface area contributed by atoms with Crippen LogP contribution in [0.2, 0.25) is 0 Å². The second kappa shape index (κ2) is 3.80. The van der Waals surface area contributed by atoms with E-state index >= 15 is 0 Å². The highest BCUT2D eigenvalue weighted by Gasteiger charge is 2.25. The van der Waals surface area contributed by atoms with Gasteiger partial charge in [-0.3, -0.25) is 0 Å². The molecule has 1 atom stereocenters. The number of rotatable bonds is 1. The van der Waals surface area contributed by atoms with Crippen LogP contribution in [0.25, 0.3) is 0 Å². The lowest BCUT2D eigenvalue weighted by molar-refractivity contribution is 0.00552. The smallest absolute Gasteiger partial charge is 0.169 e. The highest BCUT2D eigenvalue weighted by molar-refractivity contribution is 7.80. The molecule has 2 rings (SSSR count). The van der Waals surface area contributed by atoms with Gasteiger partial charge in [0.2, 0.25) is 0 Å². The van der Waals surface area contributed by atoms with Gasteiger partial charge in [-0.2, -0.15) is 0 Å². The van der Waals surface area contributed by atoms with Gasteiger partial charge in [-0.15, -0.1) is 0 Å². The zero-order chi connectivity index (χ0) is 9.26. The minimum Gasteiger partial charge on any atom is -0.375 e. The summed E-state index contributed by atoms with van der Waals surface area (Å²) in [5.74, 6) is 0. The summed E-state index contributed by atoms with van der Waals surface area (Å²) in [6.45, 7) is 4.75. The summed E-state index contributed by atoms with van der Waals surface area (Å²) in [6.07, 6.45) is 2.87. The molecule has 2 aliphatic rings. The monoisotopic (exact) mass is 200 g/mol. The van der Waals surface area contributed by atoms with E-state index in [2.05, 4.69) is 17.1 Å². The van der Waals surface area contributed by atoms with Crippen molar-refractivity contribution in [1.29, 1.82) is 0 Å². The molecule has 13 heavy (non-hydrogen) atoms. The summed E-state index contributed by atoms with van der Waals surface area (Å²) in [6, 6.07) is 0.658. The first-order chi connectivity index (χ1) is 6.25. The van der Waals surface area contributed by atoms with Gasteiger partial charge in [0, 0.05) is 19.1 Å². The highest BCUT2D eigenvalue weighted by Crippen LogP contribution is 2.19. The third-order valence-electron chi connectivity index (χ3n) is 2.43. The predicted molar refractivity (Wildman–Crippen MR) is 55.7 cm³/mol. The van der Waals surface area contributed by atoms with Crippen LogP contribution in [0, 0.1) is 0 Å². The van der Waals surface area contributed by atoms with E-state index in [1.54, 1.807) is 0 Å². The van der Waals surface area contributed by atoms with Gasteiger partial charge in [0.25, 0.3) is 0 Å². The number of ether oxygens (including phenoxy) is 1. The van der Waals surface area contributed by atoms with E-state index in [1.165, 1.54) is 12.8 Å². The molecule has 1 aliphatic carbocycles. The minimum atomic E-state index is 0.313. The number of hydrogen-bond acceptors (Lipinski definition) is 2. The molecule has 0 bridgehead atoms. The highest BCUT2D eigenvalue weighted by atomic mass is 32.1. The average molecular weight is 200 g/mol. The fraction of sp³-hybridized carbons (Fsp3) is 0.889. The van der Waals surface area contributed by atoms with Gasteiger partial charge < -0.3 is 15.0 Å². The number of hydrogen-bond donors (Lipinski definition) is 1. The number of nitrogens with zero attached hydrogens (tertiary/aromatic N) is 1. The van der Waals surface area contributed by atoms with Crippen LogP contribution in [0.15, 0.2) is 0 Å². The quantitative estimate of drug-likeness (QED) is 0.631. The fourth-order valence-corrected chi connectivity index (χ4v) is 1.83. The SMILES string of the molecule is CC1CN(C(=S)NC2CC2)CCO1. The maximum atomic E-state index is 5.45. The summed E-state index contributed by atoms with van der Waals surface area (Å²) in [5, 5.41) is 4.26.